The maximum atomic E-state index is 13.6. The Balaban J connectivity index is 1.72. The van der Waals surface area contributed by atoms with Crippen LogP contribution in [-0.2, 0) is 17.8 Å². The summed E-state index contributed by atoms with van der Waals surface area (Å²) in [6.45, 7) is 5.87. The van der Waals surface area contributed by atoms with E-state index in [2.05, 4.69) is 10.4 Å². The van der Waals surface area contributed by atoms with Crippen LogP contribution in [0.5, 0.6) is 0 Å². The molecule has 1 aromatic carbocycles. The molecule has 0 aliphatic carbocycles. The monoisotopic (exact) mass is 429 g/mol. The summed E-state index contributed by atoms with van der Waals surface area (Å²) in [6.07, 6.45) is 0.738. The van der Waals surface area contributed by atoms with Gasteiger partial charge in [-0.25, -0.2) is 13.5 Å². The van der Waals surface area contributed by atoms with Crippen LogP contribution in [0.4, 0.5) is 8.78 Å². The third-order valence-electron chi connectivity index (χ3n) is 5.00. The summed E-state index contributed by atoms with van der Waals surface area (Å²) >= 11 is 0. The molecular weight excluding hydrogens is 404 g/mol. The molecule has 2 heterocycles. The maximum Gasteiger partial charge on any atom is 0.266 e. The van der Waals surface area contributed by atoms with Gasteiger partial charge in [0.25, 0.3) is 5.56 Å². The second kappa shape index (κ2) is 9.68. The predicted molar refractivity (Wildman–Crippen MR) is 112 cm³/mol. The van der Waals surface area contributed by atoms with Crippen molar-refractivity contribution in [2.24, 2.45) is 5.92 Å². The van der Waals surface area contributed by atoms with E-state index in [1.54, 1.807) is 0 Å². The Morgan fingerprint density at radius 3 is 2.55 bits per heavy atom. The zero-order valence-corrected chi connectivity index (χ0v) is 17.7. The fourth-order valence-electron chi connectivity index (χ4n) is 3.13. The number of hydrogen-bond acceptors (Lipinski definition) is 4. The van der Waals surface area contributed by atoms with Crippen molar-refractivity contribution in [1.82, 2.24) is 15.1 Å². The Morgan fingerprint density at radius 1 is 1.13 bits per heavy atom. The van der Waals surface area contributed by atoms with Gasteiger partial charge in [0, 0.05) is 24.5 Å². The van der Waals surface area contributed by atoms with E-state index in [0.29, 0.717) is 17.7 Å². The number of aryl methyl sites for hydroxylation is 2. The topological polar surface area (TPSA) is 77.1 Å². The maximum absolute atomic E-state index is 13.6. The van der Waals surface area contributed by atoms with E-state index in [4.69, 9.17) is 4.42 Å². The van der Waals surface area contributed by atoms with Crippen molar-refractivity contribution in [1.29, 1.82) is 0 Å². The fourth-order valence-corrected chi connectivity index (χ4v) is 3.13. The molecule has 0 aliphatic heterocycles. The molecule has 1 amide bonds. The first-order chi connectivity index (χ1) is 14.7. The minimum atomic E-state index is -0.990. The van der Waals surface area contributed by atoms with Crippen molar-refractivity contribution in [2.45, 2.75) is 46.2 Å². The molecule has 3 aromatic rings. The molecule has 0 spiro atoms. The van der Waals surface area contributed by atoms with Crippen molar-refractivity contribution < 1.29 is 18.0 Å². The first-order valence-electron chi connectivity index (χ1n) is 10.1. The zero-order valence-electron chi connectivity index (χ0n) is 17.7. The number of halogens is 2. The molecule has 0 fully saturated rings. The third-order valence-corrected chi connectivity index (χ3v) is 5.00. The average molecular weight is 429 g/mol. The Kier molecular flexibility index (Phi) is 6.99. The van der Waals surface area contributed by atoms with Crippen LogP contribution in [0.2, 0.25) is 0 Å². The van der Waals surface area contributed by atoms with Crippen LogP contribution in [-0.4, -0.2) is 21.7 Å². The van der Waals surface area contributed by atoms with Crippen molar-refractivity contribution in [3.05, 3.63) is 76.0 Å². The fraction of sp³-hybridized carbons (Fsp3) is 0.348. The molecule has 164 valence electrons. The second-order valence-corrected chi connectivity index (χ2v) is 7.80. The number of nitrogens with zero attached hydrogens (tertiary/aromatic N) is 2. The van der Waals surface area contributed by atoms with Crippen molar-refractivity contribution >= 4 is 5.91 Å². The van der Waals surface area contributed by atoms with Crippen LogP contribution in [0, 0.1) is 24.5 Å². The molecule has 0 unspecified atom stereocenters. The lowest BCUT2D eigenvalue weighted by atomic mass is 10.0. The Morgan fingerprint density at radius 2 is 1.90 bits per heavy atom. The summed E-state index contributed by atoms with van der Waals surface area (Å²) in [7, 11) is 0. The van der Waals surface area contributed by atoms with Crippen LogP contribution in [0.15, 0.2) is 51.7 Å². The van der Waals surface area contributed by atoms with Crippen molar-refractivity contribution in [2.75, 3.05) is 0 Å². The van der Waals surface area contributed by atoms with Crippen LogP contribution in [0.25, 0.3) is 11.3 Å². The highest BCUT2D eigenvalue weighted by molar-refractivity contribution is 5.76. The molecular formula is C23H25F2N3O3. The van der Waals surface area contributed by atoms with Gasteiger partial charge in [-0.05, 0) is 49.2 Å². The smallest absolute Gasteiger partial charge is 0.266 e. The Hall–Kier alpha value is -3.29. The Bertz CT molecular complexity index is 1120. The van der Waals surface area contributed by atoms with Gasteiger partial charge in [0.15, 0.2) is 11.6 Å². The zero-order chi connectivity index (χ0) is 22.5. The second-order valence-electron chi connectivity index (χ2n) is 7.80. The standard InChI is InChI=1S/C23H25F2N3O3/c1-14(2)21(26-22(29)10-7-17-6-4-15(3)31-17)13-28-23(30)11-9-20(27-28)16-5-8-18(24)19(25)12-16/h4-6,8-9,11-12,14,21H,7,10,13H2,1-3H3,(H,26,29)/t21-/m1/s1. The minimum Gasteiger partial charge on any atom is -0.466 e. The first kappa shape index (κ1) is 22.4. The van der Waals surface area contributed by atoms with E-state index >= 15 is 0 Å². The van der Waals surface area contributed by atoms with E-state index in [9.17, 15) is 18.4 Å². The van der Waals surface area contributed by atoms with Crippen LogP contribution >= 0.6 is 0 Å². The number of hydrogen-bond donors (Lipinski definition) is 1. The Labute approximate surface area is 178 Å². The number of carbonyl (C=O) groups is 1. The highest BCUT2D eigenvalue weighted by Crippen LogP contribution is 2.18. The lowest BCUT2D eigenvalue weighted by Crippen LogP contribution is -2.44. The third kappa shape index (κ3) is 5.87. The van der Waals surface area contributed by atoms with E-state index in [1.807, 2.05) is 32.9 Å². The summed E-state index contributed by atoms with van der Waals surface area (Å²) in [4.78, 5) is 24.8. The van der Waals surface area contributed by atoms with E-state index in [-0.39, 0.29) is 36.4 Å². The molecule has 0 aliphatic rings. The molecule has 0 saturated heterocycles. The van der Waals surface area contributed by atoms with Gasteiger partial charge in [-0.1, -0.05) is 13.8 Å². The molecule has 0 radical (unpaired) electrons. The summed E-state index contributed by atoms with van der Waals surface area (Å²) in [5.41, 5.74) is 0.337. The molecule has 6 nitrogen and oxygen atoms in total. The average Bonchev–Trinajstić information content (AvgIpc) is 3.14. The molecule has 31 heavy (non-hydrogen) atoms. The van der Waals surface area contributed by atoms with Gasteiger partial charge in [0.2, 0.25) is 5.91 Å². The summed E-state index contributed by atoms with van der Waals surface area (Å²) < 4.78 is 33.5. The molecule has 3 rings (SSSR count). The quantitative estimate of drug-likeness (QED) is 0.590. The summed E-state index contributed by atoms with van der Waals surface area (Å²) in [5.74, 6) is -0.527. The number of carbonyl (C=O) groups excluding carboxylic acids is 1. The largest absolute Gasteiger partial charge is 0.466 e. The molecule has 2 aromatic heterocycles. The number of amides is 1. The molecule has 1 atom stereocenters. The lowest BCUT2D eigenvalue weighted by molar-refractivity contribution is -0.122. The lowest BCUT2D eigenvalue weighted by Gasteiger charge is -2.23. The van der Waals surface area contributed by atoms with E-state index < -0.39 is 11.6 Å². The van der Waals surface area contributed by atoms with Gasteiger partial charge >= 0.3 is 0 Å². The van der Waals surface area contributed by atoms with E-state index in [0.717, 1.165) is 23.7 Å². The molecule has 0 bridgehead atoms. The van der Waals surface area contributed by atoms with E-state index in [1.165, 1.54) is 22.9 Å². The number of benzene rings is 1. The van der Waals surface area contributed by atoms with Gasteiger partial charge in [-0.2, -0.15) is 5.10 Å². The molecule has 1 N–H and O–H groups in total. The van der Waals surface area contributed by atoms with Gasteiger partial charge in [-0.3, -0.25) is 9.59 Å². The number of nitrogens with one attached hydrogen (secondary N) is 1. The van der Waals surface area contributed by atoms with Crippen LogP contribution < -0.4 is 10.9 Å². The number of furan rings is 1. The van der Waals surface area contributed by atoms with Crippen molar-refractivity contribution in [3.63, 3.8) is 0 Å². The highest BCUT2D eigenvalue weighted by atomic mass is 19.2. The van der Waals surface area contributed by atoms with Gasteiger partial charge in [0.05, 0.1) is 18.3 Å². The molecule has 0 saturated carbocycles. The normalized spacial score (nSPS) is 12.2. The summed E-state index contributed by atoms with van der Waals surface area (Å²) in [5, 5.41) is 7.24. The SMILES string of the molecule is Cc1ccc(CCC(=O)N[C@H](Cn2nc(-c3ccc(F)c(F)c3)ccc2=O)C(C)C)o1. The van der Waals surface area contributed by atoms with Crippen LogP contribution in [0.3, 0.4) is 0 Å². The minimum absolute atomic E-state index is 0.0374. The van der Waals surface area contributed by atoms with Gasteiger partial charge < -0.3 is 9.73 Å². The van der Waals surface area contributed by atoms with Gasteiger partial charge in [0.1, 0.15) is 11.5 Å². The number of aromatic nitrogens is 2. The van der Waals surface area contributed by atoms with Crippen LogP contribution in [0.1, 0.15) is 31.8 Å². The first-order valence-corrected chi connectivity index (χ1v) is 10.1. The van der Waals surface area contributed by atoms with Gasteiger partial charge in [-0.15, -0.1) is 0 Å². The predicted octanol–water partition coefficient (Wildman–Crippen LogP) is 3.86. The molecule has 8 heteroatoms. The summed E-state index contributed by atoms with van der Waals surface area (Å²) in [6, 6.07) is 9.58. The highest BCUT2D eigenvalue weighted by Gasteiger charge is 2.19. The van der Waals surface area contributed by atoms with Crippen molar-refractivity contribution in [3.8, 4) is 11.3 Å². The number of rotatable bonds is 8.